The number of rotatable bonds is 4. The van der Waals surface area contributed by atoms with Crippen LogP contribution in [0.25, 0.3) is 0 Å². The molecule has 0 heterocycles. The van der Waals surface area contributed by atoms with Crippen LogP contribution in [0.15, 0.2) is 18.2 Å². The summed E-state index contributed by atoms with van der Waals surface area (Å²) in [6.45, 7) is 2.28. The van der Waals surface area contributed by atoms with Gasteiger partial charge in [0.05, 0.1) is 0 Å². The minimum Gasteiger partial charge on any atom is -0.483 e. The maximum absolute atomic E-state index is 13.4. The third-order valence-electron chi connectivity index (χ3n) is 5.97. The molecule has 2 N–H and O–H groups in total. The van der Waals surface area contributed by atoms with Crippen molar-refractivity contribution in [3.8, 4) is 0 Å². The van der Waals surface area contributed by atoms with E-state index in [0.29, 0.717) is 6.04 Å². The number of nitrogens with zero attached hydrogens (tertiary/aromatic N) is 2. The molecule has 2 fully saturated rings. The molecule has 1 aromatic carbocycles. The van der Waals surface area contributed by atoms with Gasteiger partial charge in [-0.2, -0.15) is 0 Å². The van der Waals surface area contributed by atoms with Crippen molar-refractivity contribution >= 4 is 12.9 Å². The Bertz CT molecular complexity index is 606. The van der Waals surface area contributed by atoms with Crippen molar-refractivity contribution in [1.82, 2.24) is 9.80 Å². The van der Waals surface area contributed by atoms with Crippen LogP contribution in [-0.4, -0.2) is 66.2 Å². The Morgan fingerprint density at radius 3 is 1.89 bits per heavy atom. The van der Waals surface area contributed by atoms with Crippen LogP contribution in [0.4, 0.5) is 4.39 Å². The molecule has 7 heteroatoms. The van der Waals surface area contributed by atoms with Crippen LogP contribution in [0, 0.1) is 24.6 Å². The molecule has 6 nitrogen and oxygen atoms in total. The molecule has 0 bridgehead atoms. The van der Waals surface area contributed by atoms with Crippen LogP contribution < -0.4 is 0 Å². The fourth-order valence-electron chi connectivity index (χ4n) is 4.56. The van der Waals surface area contributed by atoms with Gasteiger partial charge in [0.15, 0.2) is 0 Å². The summed E-state index contributed by atoms with van der Waals surface area (Å²) >= 11 is 0. The maximum atomic E-state index is 13.4. The number of benzene rings is 1. The number of carbonyl (C=O) groups is 2. The summed E-state index contributed by atoms with van der Waals surface area (Å²) in [5, 5.41) is 13.8. The minimum atomic E-state index is -0.250. The van der Waals surface area contributed by atoms with Crippen LogP contribution in [0.3, 0.4) is 0 Å². The predicted octanol–water partition coefficient (Wildman–Crippen LogP) is 3.09. The second kappa shape index (κ2) is 11.8. The first-order valence-electron chi connectivity index (χ1n) is 9.54. The fourth-order valence-corrected chi connectivity index (χ4v) is 4.56. The number of carboxylic acid groups (broad SMARTS) is 2. The largest absolute Gasteiger partial charge is 0.483 e. The standard InChI is InChI=1S/C19H29FN2.2CH2O2/c1-13-7-14(5-6-19(13)20)12-22(4)18-10-15-8-17(21(2)3)9-16(15)11-18;2*2-1-3/h5-7,15-18H,8-12H2,1-4H3;2*1H,(H,2,3)/t15-,16+,17?,18?;;. The van der Waals surface area contributed by atoms with Crippen LogP contribution in [0.2, 0.25) is 0 Å². The SMILES string of the molecule is Cc1cc(CN(C)C2C[C@H]3CC(N(C)C)C[C@H]3C2)ccc1F.O=CO.O=CO. The zero-order valence-electron chi connectivity index (χ0n) is 17.2. The Labute approximate surface area is 167 Å². The van der Waals surface area contributed by atoms with E-state index in [1.807, 2.05) is 19.1 Å². The molecule has 3 rings (SSSR count). The van der Waals surface area contributed by atoms with Crippen molar-refractivity contribution in [2.24, 2.45) is 11.8 Å². The van der Waals surface area contributed by atoms with Gasteiger partial charge in [-0.05, 0) is 82.8 Å². The topological polar surface area (TPSA) is 81.1 Å². The first-order valence-corrected chi connectivity index (χ1v) is 9.54. The van der Waals surface area contributed by atoms with Crippen LogP contribution >= 0.6 is 0 Å². The molecule has 0 aliphatic heterocycles. The maximum Gasteiger partial charge on any atom is 0.290 e. The van der Waals surface area contributed by atoms with Gasteiger partial charge in [-0.3, -0.25) is 14.5 Å². The van der Waals surface area contributed by atoms with E-state index in [9.17, 15) is 4.39 Å². The first kappa shape index (κ1) is 24.0. The summed E-state index contributed by atoms with van der Waals surface area (Å²) in [5.41, 5.74) is 1.98. The lowest BCUT2D eigenvalue weighted by molar-refractivity contribution is -0.123. The number of fused-ring (bicyclic) bond motifs is 1. The molecule has 0 amide bonds. The molecule has 28 heavy (non-hydrogen) atoms. The van der Waals surface area contributed by atoms with E-state index >= 15 is 0 Å². The Morgan fingerprint density at radius 1 is 1.00 bits per heavy atom. The van der Waals surface area contributed by atoms with Crippen molar-refractivity contribution in [3.63, 3.8) is 0 Å². The third kappa shape index (κ3) is 6.87. The lowest BCUT2D eigenvalue weighted by atomic mass is 10.0. The van der Waals surface area contributed by atoms with Crippen LogP contribution in [-0.2, 0) is 16.1 Å². The number of halogens is 1. The van der Waals surface area contributed by atoms with Gasteiger partial charge in [-0.25, -0.2) is 4.39 Å². The normalized spacial score (nSPS) is 25.4. The summed E-state index contributed by atoms with van der Waals surface area (Å²) in [7, 11) is 6.66. The molecule has 2 saturated carbocycles. The fraction of sp³-hybridized carbons (Fsp3) is 0.619. The average Bonchev–Trinajstić information content (AvgIpc) is 3.19. The molecule has 158 valence electrons. The second-order valence-corrected chi connectivity index (χ2v) is 7.94. The molecule has 0 aromatic heterocycles. The number of hydrogen-bond donors (Lipinski definition) is 2. The monoisotopic (exact) mass is 396 g/mol. The Balaban J connectivity index is 0.000000582. The van der Waals surface area contributed by atoms with Crippen molar-refractivity contribution in [2.45, 2.75) is 51.2 Å². The molecule has 2 aliphatic carbocycles. The summed E-state index contributed by atoms with van der Waals surface area (Å²) in [5.74, 6) is 1.72. The van der Waals surface area contributed by atoms with Gasteiger partial charge in [-0.15, -0.1) is 0 Å². The molecule has 4 atom stereocenters. The lowest BCUT2D eigenvalue weighted by Crippen LogP contribution is -2.31. The van der Waals surface area contributed by atoms with E-state index in [4.69, 9.17) is 19.8 Å². The zero-order valence-corrected chi connectivity index (χ0v) is 17.2. The summed E-state index contributed by atoms with van der Waals surface area (Å²) in [6.07, 6.45) is 5.42. The van der Waals surface area contributed by atoms with Crippen molar-refractivity contribution in [1.29, 1.82) is 0 Å². The molecule has 0 saturated heterocycles. The molecule has 2 aliphatic rings. The number of aryl methyl sites for hydroxylation is 1. The Kier molecular flexibility index (Phi) is 10.1. The molecular formula is C21H33FN2O4. The molecular weight excluding hydrogens is 363 g/mol. The molecule has 0 spiro atoms. The van der Waals surface area contributed by atoms with E-state index < -0.39 is 0 Å². The van der Waals surface area contributed by atoms with Crippen LogP contribution in [0.1, 0.15) is 36.8 Å². The Hall–Kier alpha value is -1.99. The quantitative estimate of drug-likeness (QED) is 0.762. The second-order valence-electron chi connectivity index (χ2n) is 7.94. The van der Waals surface area contributed by atoms with Gasteiger partial charge < -0.3 is 15.1 Å². The van der Waals surface area contributed by atoms with Gasteiger partial charge in [0.2, 0.25) is 0 Å². The number of hydrogen-bond acceptors (Lipinski definition) is 4. The Morgan fingerprint density at radius 2 is 1.46 bits per heavy atom. The highest BCUT2D eigenvalue weighted by Crippen LogP contribution is 2.46. The van der Waals surface area contributed by atoms with E-state index in [1.54, 1.807) is 6.07 Å². The van der Waals surface area contributed by atoms with Crippen molar-refractivity contribution < 1.29 is 24.2 Å². The van der Waals surface area contributed by atoms with Crippen molar-refractivity contribution in [2.75, 3.05) is 21.1 Å². The highest BCUT2D eigenvalue weighted by molar-refractivity contribution is 5.33. The van der Waals surface area contributed by atoms with Crippen molar-refractivity contribution in [3.05, 3.63) is 35.1 Å². The minimum absolute atomic E-state index is 0.100. The first-order chi connectivity index (χ1) is 13.3. The van der Waals surface area contributed by atoms with Crippen LogP contribution in [0.5, 0.6) is 0 Å². The van der Waals surface area contributed by atoms with E-state index in [2.05, 4.69) is 30.9 Å². The zero-order chi connectivity index (χ0) is 21.3. The van der Waals surface area contributed by atoms with E-state index in [-0.39, 0.29) is 18.8 Å². The average molecular weight is 397 g/mol. The van der Waals surface area contributed by atoms with Gasteiger partial charge >= 0.3 is 0 Å². The van der Waals surface area contributed by atoms with E-state index in [1.165, 1.54) is 31.2 Å². The summed E-state index contributed by atoms with van der Waals surface area (Å²) in [6, 6.07) is 7.01. The highest BCUT2D eigenvalue weighted by atomic mass is 19.1. The lowest BCUT2D eigenvalue weighted by Gasteiger charge is -2.27. The molecule has 0 radical (unpaired) electrons. The van der Waals surface area contributed by atoms with Gasteiger partial charge in [0.1, 0.15) is 5.82 Å². The highest BCUT2D eigenvalue weighted by Gasteiger charge is 2.43. The van der Waals surface area contributed by atoms with E-state index in [0.717, 1.165) is 30.0 Å². The third-order valence-corrected chi connectivity index (χ3v) is 5.97. The molecule has 2 unspecified atom stereocenters. The predicted molar refractivity (Wildman–Crippen MR) is 107 cm³/mol. The summed E-state index contributed by atoms with van der Waals surface area (Å²) in [4.78, 5) is 21.6. The summed E-state index contributed by atoms with van der Waals surface area (Å²) < 4.78 is 13.4. The van der Waals surface area contributed by atoms with Gasteiger partial charge in [-0.1, -0.05) is 12.1 Å². The van der Waals surface area contributed by atoms with Gasteiger partial charge in [0.25, 0.3) is 12.9 Å². The smallest absolute Gasteiger partial charge is 0.290 e. The van der Waals surface area contributed by atoms with Gasteiger partial charge in [0, 0.05) is 18.6 Å². The molecule has 1 aromatic rings.